The first-order valence-electron chi connectivity index (χ1n) is 10.1. The summed E-state index contributed by atoms with van der Waals surface area (Å²) in [6.07, 6.45) is 0.192. The largest absolute Gasteiger partial charge is 0.492 e. The molecule has 6 nitrogen and oxygen atoms in total. The normalized spacial score (nSPS) is 10.3. The van der Waals surface area contributed by atoms with Crippen LogP contribution in [0.2, 0.25) is 0 Å². The second-order valence-electron chi connectivity index (χ2n) is 6.59. The van der Waals surface area contributed by atoms with E-state index < -0.39 is 0 Å². The Hall–Kier alpha value is -3.02. The van der Waals surface area contributed by atoms with Crippen molar-refractivity contribution < 1.29 is 14.3 Å². The molecule has 0 saturated carbocycles. The molecule has 0 aliphatic heterocycles. The molecule has 0 aromatic heterocycles. The van der Waals surface area contributed by atoms with Crippen molar-refractivity contribution in [1.82, 2.24) is 0 Å². The first kappa shape index (κ1) is 22.3. The van der Waals surface area contributed by atoms with Crippen LogP contribution in [0, 0.1) is 0 Å². The maximum absolute atomic E-state index is 12.4. The SMILES string of the molecule is CCOc1ccccc1NC(=O)CCN(C(C)=O)c1ccc(N(CC)CC)cc1. The van der Waals surface area contributed by atoms with Crippen LogP contribution in [0.4, 0.5) is 17.1 Å². The number of rotatable bonds is 10. The molecule has 1 N–H and O–H groups in total. The lowest BCUT2D eigenvalue weighted by atomic mass is 10.2. The molecule has 0 saturated heterocycles. The zero-order valence-electron chi connectivity index (χ0n) is 17.8. The molecule has 0 atom stereocenters. The number of ether oxygens (including phenoxy) is 1. The molecule has 6 heteroatoms. The van der Waals surface area contributed by atoms with E-state index in [1.54, 1.807) is 11.0 Å². The van der Waals surface area contributed by atoms with Crippen molar-refractivity contribution >= 4 is 28.9 Å². The fraction of sp³-hybridized carbons (Fsp3) is 0.391. The number of nitrogens with zero attached hydrogens (tertiary/aromatic N) is 2. The Labute approximate surface area is 173 Å². The molecule has 0 fully saturated rings. The van der Waals surface area contributed by atoms with E-state index >= 15 is 0 Å². The van der Waals surface area contributed by atoms with E-state index in [-0.39, 0.29) is 18.2 Å². The van der Waals surface area contributed by atoms with Gasteiger partial charge in [0.05, 0.1) is 12.3 Å². The first-order chi connectivity index (χ1) is 14.0. The van der Waals surface area contributed by atoms with Gasteiger partial charge in [0.2, 0.25) is 11.8 Å². The number of benzene rings is 2. The van der Waals surface area contributed by atoms with E-state index in [4.69, 9.17) is 4.74 Å². The molecule has 2 rings (SSSR count). The lowest BCUT2D eigenvalue weighted by Gasteiger charge is -2.24. The van der Waals surface area contributed by atoms with Crippen molar-refractivity contribution in [3.05, 3.63) is 48.5 Å². The molecule has 2 aromatic carbocycles. The van der Waals surface area contributed by atoms with Gasteiger partial charge in [0.15, 0.2) is 0 Å². The van der Waals surface area contributed by atoms with Crippen molar-refractivity contribution in [2.45, 2.75) is 34.1 Å². The van der Waals surface area contributed by atoms with Gasteiger partial charge in [-0.15, -0.1) is 0 Å². The van der Waals surface area contributed by atoms with E-state index in [0.717, 1.165) is 24.5 Å². The average Bonchev–Trinajstić information content (AvgIpc) is 2.71. The third kappa shape index (κ3) is 6.24. The van der Waals surface area contributed by atoms with Crippen molar-refractivity contribution in [1.29, 1.82) is 0 Å². The van der Waals surface area contributed by atoms with Crippen LogP contribution in [0.25, 0.3) is 0 Å². The quantitative estimate of drug-likeness (QED) is 0.649. The molecule has 0 heterocycles. The molecule has 2 amide bonds. The third-order valence-electron chi connectivity index (χ3n) is 4.69. The number of amides is 2. The maximum Gasteiger partial charge on any atom is 0.226 e. The van der Waals surface area contributed by atoms with Gasteiger partial charge in [-0.1, -0.05) is 12.1 Å². The maximum atomic E-state index is 12.4. The Morgan fingerprint density at radius 2 is 1.55 bits per heavy atom. The van der Waals surface area contributed by atoms with Gasteiger partial charge in [-0.2, -0.15) is 0 Å². The van der Waals surface area contributed by atoms with Crippen LogP contribution in [0.5, 0.6) is 5.75 Å². The van der Waals surface area contributed by atoms with Crippen LogP contribution < -0.4 is 19.9 Å². The number of anilines is 3. The molecule has 0 bridgehead atoms. The summed E-state index contributed by atoms with van der Waals surface area (Å²) in [6.45, 7) is 10.3. The summed E-state index contributed by atoms with van der Waals surface area (Å²) in [5, 5.41) is 2.87. The lowest BCUT2D eigenvalue weighted by molar-refractivity contribution is -0.117. The number of carbonyl (C=O) groups excluding carboxylic acids is 2. The summed E-state index contributed by atoms with van der Waals surface area (Å²) >= 11 is 0. The summed E-state index contributed by atoms with van der Waals surface area (Å²) in [5.41, 5.74) is 2.54. The zero-order chi connectivity index (χ0) is 21.2. The highest BCUT2D eigenvalue weighted by atomic mass is 16.5. The summed E-state index contributed by atoms with van der Waals surface area (Å²) in [7, 11) is 0. The van der Waals surface area contributed by atoms with E-state index in [1.165, 1.54) is 6.92 Å². The molecule has 0 spiro atoms. The smallest absolute Gasteiger partial charge is 0.226 e. The molecular weight excluding hydrogens is 366 g/mol. The fourth-order valence-electron chi connectivity index (χ4n) is 3.18. The van der Waals surface area contributed by atoms with Gasteiger partial charge >= 0.3 is 0 Å². The Bertz CT molecular complexity index is 801. The summed E-state index contributed by atoms with van der Waals surface area (Å²) in [5.74, 6) is 0.380. The van der Waals surface area contributed by atoms with E-state index in [0.29, 0.717) is 24.6 Å². The second-order valence-corrected chi connectivity index (χ2v) is 6.59. The lowest BCUT2D eigenvalue weighted by Crippen LogP contribution is -2.32. The van der Waals surface area contributed by atoms with Gasteiger partial charge in [-0.3, -0.25) is 9.59 Å². The van der Waals surface area contributed by atoms with Crippen LogP contribution in [0.3, 0.4) is 0 Å². The van der Waals surface area contributed by atoms with Crippen molar-refractivity contribution in [2.24, 2.45) is 0 Å². The van der Waals surface area contributed by atoms with Gasteiger partial charge in [-0.25, -0.2) is 0 Å². The highest BCUT2D eigenvalue weighted by molar-refractivity contribution is 5.95. The first-order valence-corrected chi connectivity index (χ1v) is 10.1. The predicted octanol–water partition coefficient (Wildman–Crippen LogP) is 4.31. The third-order valence-corrected chi connectivity index (χ3v) is 4.69. The van der Waals surface area contributed by atoms with Gasteiger partial charge in [-0.05, 0) is 57.2 Å². The molecule has 0 unspecified atom stereocenters. The molecule has 2 aromatic rings. The van der Waals surface area contributed by atoms with Gasteiger partial charge in [0.25, 0.3) is 0 Å². The van der Waals surface area contributed by atoms with Crippen LogP contribution >= 0.6 is 0 Å². The van der Waals surface area contributed by atoms with E-state index in [9.17, 15) is 9.59 Å². The number of carbonyl (C=O) groups is 2. The molecule has 29 heavy (non-hydrogen) atoms. The standard InChI is InChI=1S/C23H31N3O3/c1-5-25(6-2)19-12-14-20(15-13-19)26(18(4)27)17-16-23(28)24-21-10-8-9-11-22(21)29-7-3/h8-15H,5-7,16-17H2,1-4H3,(H,24,28). The van der Waals surface area contributed by atoms with Crippen LogP contribution in [-0.2, 0) is 9.59 Å². The summed E-state index contributed by atoms with van der Waals surface area (Å²) < 4.78 is 5.54. The Balaban J connectivity index is 2.02. The Kier molecular flexibility index (Phi) is 8.52. The highest BCUT2D eigenvalue weighted by Gasteiger charge is 2.15. The minimum atomic E-state index is -0.164. The monoisotopic (exact) mass is 397 g/mol. The molecule has 0 aliphatic rings. The number of hydrogen-bond acceptors (Lipinski definition) is 4. The average molecular weight is 398 g/mol. The molecule has 0 aliphatic carbocycles. The zero-order valence-corrected chi connectivity index (χ0v) is 17.8. The van der Waals surface area contributed by atoms with Crippen molar-refractivity contribution in [2.75, 3.05) is 41.4 Å². The van der Waals surface area contributed by atoms with Crippen molar-refractivity contribution in [3.8, 4) is 5.75 Å². The predicted molar refractivity (Wildman–Crippen MR) is 119 cm³/mol. The van der Waals surface area contributed by atoms with Gasteiger partial charge in [0.1, 0.15) is 5.75 Å². The van der Waals surface area contributed by atoms with Crippen molar-refractivity contribution in [3.63, 3.8) is 0 Å². The fourth-order valence-corrected chi connectivity index (χ4v) is 3.18. The number of para-hydroxylation sites is 2. The van der Waals surface area contributed by atoms with Gasteiger partial charge < -0.3 is 19.9 Å². The highest BCUT2D eigenvalue weighted by Crippen LogP contribution is 2.24. The molecule has 156 valence electrons. The van der Waals surface area contributed by atoms with E-state index in [2.05, 4.69) is 24.1 Å². The number of nitrogens with one attached hydrogen (secondary N) is 1. The van der Waals surface area contributed by atoms with Crippen LogP contribution in [0.15, 0.2) is 48.5 Å². The van der Waals surface area contributed by atoms with Crippen LogP contribution in [-0.4, -0.2) is 38.1 Å². The van der Waals surface area contributed by atoms with E-state index in [1.807, 2.05) is 49.4 Å². The second kappa shape index (κ2) is 11.1. The Morgan fingerprint density at radius 3 is 2.14 bits per heavy atom. The summed E-state index contributed by atoms with van der Waals surface area (Å²) in [4.78, 5) is 28.5. The minimum absolute atomic E-state index is 0.0943. The van der Waals surface area contributed by atoms with Crippen LogP contribution in [0.1, 0.15) is 34.1 Å². The topological polar surface area (TPSA) is 61.9 Å². The molecule has 0 radical (unpaired) electrons. The number of hydrogen-bond donors (Lipinski definition) is 1. The summed E-state index contributed by atoms with van der Waals surface area (Å²) in [6, 6.07) is 15.2. The molecular formula is C23H31N3O3. The van der Waals surface area contributed by atoms with Gasteiger partial charge in [0, 0.05) is 44.4 Å². The Morgan fingerprint density at radius 1 is 0.931 bits per heavy atom. The minimum Gasteiger partial charge on any atom is -0.492 e.